The molecule has 0 saturated heterocycles. The lowest BCUT2D eigenvalue weighted by molar-refractivity contribution is 0.0600. The predicted octanol–water partition coefficient (Wildman–Crippen LogP) is 2.92. The van der Waals surface area contributed by atoms with Crippen molar-refractivity contribution in [2.75, 3.05) is 26.0 Å². The van der Waals surface area contributed by atoms with Crippen LogP contribution in [0.2, 0.25) is 5.02 Å². The molecular weight excluding hydrogens is 268 g/mol. The number of ether oxygens (including phenoxy) is 1. The zero-order valence-corrected chi connectivity index (χ0v) is 12.2. The first-order chi connectivity index (χ1) is 8.92. The van der Waals surface area contributed by atoms with Crippen LogP contribution in [0.5, 0.6) is 0 Å². The number of carbonyl (C=O) groups excluding carboxylic acids is 2. The van der Waals surface area contributed by atoms with E-state index in [0.717, 1.165) is 0 Å². The van der Waals surface area contributed by atoms with E-state index in [1.165, 1.54) is 12.0 Å². The second-order valence-electron chi connectivity index (χ2n) is 4.03. The summed E-state index contributed by atoms with van der Waals surface area (Å²) in [4.78, 5) is 24.9. The molecule has 0 radical (unpaired) electrons. The lowest BCUT2D eigenvalue weighted by Crippen LogP contribution is -2.31. The van der Waals surface area contributed by atoms with Crippen molar-refractivity contribution >= 4 is 29.3 Å². The van der Waals surface area contributed by atoms with E-state index in [1.54, 1.807) is 26.1 Å². The highest BCUT2D eigenvalue weighted by Gasteiger charge is 2.17. The first kappa shape index (κ1) is 15.3. The standard InChI is InChI=1S/C13H17ClN2O3/c1-5-16(3)13(18)15-11-8(2)9(12(17)19-4)6-7-10(11)14/h6-7H,5H2,1-4H3,(H,15,18). The molecule has 1 rings (SSSR count). The molecule has 0 fully saturated rings. The van der Waals surface area contributed by atoms with E-state index in [2.05, 4.69) is 10.1 Å². The molecule has 19 heavy (non-hydrogen) atoms. The normalized spacial score (nSPS) is 9.95. The Hall–Kier alpha value is -1.75. The first-order valence-electron chi connectivity index (χ1n) is 5.81. The maximum absolute atomic E-state index is 11.8. The van der Waals surface area contributed by atoms with Crippen molar-refractivity contribution in [1.29, 1.82) is 0 Å². The summed E-state index contributed by atoms with van der Waals surface area (Å²) in [5, 5.41) is 3.07. The van der Waals surface area contributed by atoms with Gasteiger partial charge in [-0.25, -0.2) is 9.59 Å². The Balaban J connectivity index is 3.13. The molecule has 1 aromatic carbocycles. The number of hydrogen-bond acceptors (Lipinski definition) is 3. The Kier molecular flexibility index (Phi) is 5.18. The van der Waals surface area contributed by atoms with Crippen molar-refractivity contribution in [2.24, 2.45) is 0 Å². The maximum atomic E-state index is 11.8. The maximum Gasteiger partial charge on any atom is 0.338 e. The van der Waals surface area contributed by atoms with Gasteiger partial charge in [0.2, 0.25) is 0 Å². The highest BCUT2D eigenvalue weighted by Crippen LogP contribution is 2.29. The van der Waals surface area contributed by atoms with E-state index < -0.39 is 5.97 Å². The van der Waals surface area contributed by atoms with Gasteiger partial charge in [0.15, 0.2) is 0 Å². The Labute approximate surface area is 117 Å². The van der Waals surface area contributed by atoms with Crippen molar-refractivity contribution in [1.82, 2.24) is 4.90 Å². The third-order valence-corrected chi connectivity index (χ3v) is 3.19. The van der Waals surface area contributed by atoms with Gasteiger partial charge < -0.3 is 15.0 Å². The van der Waals surface area contributed by atoms with Crippen LogP contribution in [-0.4, -0.2) is 37.6 Å². The van der Waals surface area contributed by atoms with Crippen LogP contribution in [0.25, 0.3) is 0 Å². The van der Waals surface area contributed by atoms with Crippen molar-refractivity contribution in [3.8, 4) is 0 Å². The molecule has 1 N–H and O–H groups in total. The van der Waals surface area contributed by atoms with Crippen molar-refractivity contribution in [2.45, 2.75) is 13.8 Å². The number of rotatable bonds is 3. The van der Waals surface area contributed by atoms with Crippen LogP contribution in [-0.2, 0) is 4.74 Å². The van der Waals surface area contributed by atoms with Gasteiger partial charge in [0.05, 0.1) is 23.4 Å². The Morgan fingerprint density at radius 1 is 1.42 bits per heavy atom. The van der Waals surface area contributed by atoms with Crippen molar-refractivity contribution in [3.63, 3.8) is 0 Å². The molecule has 6 heteroatoms. The smallest absolute Gasteiger partial charge is 0.338 e. The van der Waals surface area contributed by atoms with E-state index in [-0.39, 0.29) is 6.03 Å². The molecule has 0 atom stereocenters. The number of methoxy groups -OCH3 is 1. The zero-order chi connectivity index (χ0) is 14.6. The largest absolute Gasteiger partial charge is 0.465 e. The molecule has 0 aromatic heterocycles. The molecule has 0 aliphatic rings. The quantitative estimate of drug-likeness (QED) is 0.868. The number of esters is 1. The minimum atomic E-state index is -0.464. The zero-order valence-electron chi connectivity index (χ0n) is 11.4. The van der Waals surface area contributed by atoms with Crippen molar-refractivity contribution in [3.05, 3.63) is 28.3 Å². The molecular formula is C13H17ClN2O3. The lowest BCUT2D eigenvalue weighted by Gasteiger charge is -2.18. The van der Waals surface area contributed by atoms with Crippen LogP contribution < -0.4 is 5.32 Å². The van der Waals surface area contributed by atoms with Crippen LogP contribution in [0.4, 0.5) is 10.5 Å². The second kappa shape index (κ2) is 6.43. The summed E-state index contributed by atoms with van der Waals surface area (Å²) < 4.78 is 4.68. The minimum absolute atomic E-state index is 0.283. The summed E-state index contributed by atoms with van der Waals surface area (Å²) in [6.07, 6.45) is 0. The van der Waals surface area contributed by atoms with Gasteiger partial charge in [-0.05, 0) is 31.5 Å². The van der Waals surface area contributed by atoms with E-state index >= 15 is 0 Å². The fourth-order valence-electron chi connectivity index (χ4n) is 1.51. The number of anilines is 1. The van der Waals surface area contributed by atoms with Gasteiger partial charge >= 0.3 is 12.0 Å². The summed E-state index contributed by atoms with van der Waals surface area (Å²) in [6, 6.07) is 2.85. The molecule has 0 heterocycles. The molecule has 0 saturated carbocycles. The number of nitrogens with zero attached hydrogens (tertiary/aromatic N) is 1. The topological polar surface area (TPSA) is 58.6 Å². The monoisotopic (exact) mass is 284 g/mol. The number of halogens is 1. The van der Waals surface area contributed by atoms with Crippen LogP contribution in [0.3, 0.4) is 0 Å². The van der Waals surface area contributed by atoms with E-state index in [1.807, 2.05) is 6.92 Å². The first-order valence-corrected chi connectivity index (χ1v) is 6.19. The Morgan fingerprint density at radius 3 is 2.58 bits per heavy atom. The van der Waals surface area contributed by atoms with E-state index in [4.69, 9.17) is 11.6 Å². The molecule has 5 nitrogen and oxygen atoms in total. The van der Waals surface area contributed by atoms with Gasteiger partial charge in [-0.15, -0.1) is 0 Å². The molecule has 0 bridgehead atoms. The Bertz CT molecular complexity index is 503. The summed E-state index contributed by atoms with van der Waals surface area (Å²) in [5.74, 6) is -0.464. The number of benzene rings is 1. The van der Waals surface area contributed by atoms with Gasteiger partial charge in [-0.2, -0.15) is 0 Å². The second-order valence-corrected chi connectivity index (χ2v) is 4.44. The highest BCUT2D eigenvalue weighted by atomic mass is 35.5. The van der Waals surface area contributed by atoms with Crippen LogP contribution >= 0.6 is 11.6 Å². The van der Waals surface area contributed by atoms with Crippen LogP contribution in [0.15, 0.2) is 12.1 Å². The van der Waals surface area contributed by atoms with Gasteiger partial charge in [0.1, 0.15) is 0 Å². The lowest BCUT2D eigenvalue weighted by atomic mass is 10.1. The molecule has 104 valence electrons. The highest BCUT2D eigenvalue weighted by molar-refractivity contribution is 6.34. The fourth-order valence-corrected chi connectivity index (χ4v) is 1.76. The molecule has 0 spiro atoms. The minimum Gasteiger partial charge on any atom is -0.465 e. The average molecular weight is 285 g/mol. The fraction of sp³-hybridized carbons (Fsp3) is 0.385. The number of amides is 2. The van der Waals surface area contributed by atoms with E-state index in [9.17, 15) is 9.59 Å². The van der Waals surface area contributed by atoms with E-state index in [0.29, 0.717) is 28.4 Å². The molecule has 1 aromatic rings. The number of nitrogens with one attached hydrogen (secondary N) is 1. The number of urea groups is 1. The van der Waals surface area contributed by atoms with Gasteiger partial charge in [-0.1, -0.05) is 11.6 Å². The summed E-state index contributed by atoms with van der Waals surface area (Å²) in [7, 11) is 2.97. The van der Waals surface area contributed by atoms with Gasteiger partial charge in [0.25, 0.3) is 0 Å². The average Bonchev–Trinajstić information content (AvgIpc) is 2.41. The van der Waals surface area contributed by atoms with Gasteiger partial charge in [-0.3, -0.25) is 0 Å². The number of carbonyl (C=O) groups is 2. The van der Waals surface area contributed by atoms with Crippen molar-refractivity contribution < 1.29 is 14.3 Å². The summed E-state index contributed by atoms with van der Waals surface area (Å²) >= 11 is 6.06. The third-order valence-electron chi connectivity index (χ3n) is 2.87. The third kappa shape index (κ3) is 3.38. The molecule has 0 aliphatic heterocycles. The van der Waals surface area contributed by atoms with Crippen LogP contribution in [0.1, 0.15) is 22.8 Å². The van der Waals surface area contributed by atoms with Crippen LogP contribution in [0, 0.1) is 6.92 Å². The summed E-state index contributed by atoms with van der Waals surface area (Å²) in [6.45, 7) is 4.14. The SMILES string of the molecule is CCN(C)C(=O)Nc1c(Cl)ccc(C(=O)OC)c1C. The molecule has 2 amide bonds. The van der Waals surface area contributed by atoms with Gasteiger partial charge in [0, 0.05) is 13.6 Å². The predicted molar refractivity (Wildman–Crippen MR) is 74.9 cm³/mol. The summed E-state index contributed by atoms with van der Waals surface area (Å²) in [5.41, 5.74) is 1.38. The molecule has 0 unspecified atom stereocenters. The molecule has 0 aliphatic carbocycles. The number of hydrogen-bond donors (Lipinski definition) is 1. The Morgan fingerprint density at radius 2 is 2.05 bits per heavy atom.